The van der Waals surface area contributed by atoms with Gasteiger partial charge in [0.2, 0.25) is 15.9 Å². The van der Waals surface area contributed by atoms with Gasteiger partial charge in [0.25, 0.3) is 0 Å². The third-order valence-corrected chi connectivity index (χ3v) is 3.92. The summed E-state index contributed by atoms with van der Waals surface area (Å²) in [4.78, 5) is 26.7. The summed E-state index contributed by atoms with van der Waals surface area (Å²) in [6.07, 6.45) is 0.888. The van der Waals surface area contributed by atoms with Crippen molar-refractivity contribution in [2.45, 2.75) is 26.3 Å². The predicted molar refractivity (Wildman–Crippen MR) is 78.7 cm³/mol. The number of nitrogens with one attached hydrogen (secondary N) is 2. The molecule has 1 amide bonds. The second-order valence-electron chi connectivity index (χ2n) is 4.82. The third-order valence-electron chi connectivity index (χ3n) is 2.42. The quantitative estimate of drug-likeness (QED) is 0.657. The second kappa shape index (κ2) is 6.85. The minimum absolute atomic E-state index is 0.113. The molecule has 21 heavy (non-hydrogen) atoms. The summed E-state index contributed by atoms with van der Waals surface area (Å²) in [6.45, 7) is 3.38. The highest BCUT2D eigenvalue weighted by Gasteiger charge is 2.23. The highest BCUT2D eigenvalue weighted by molar-refractivity contribution is 7.92. The van der Waals surface area contributed by atoms with Gasteiger partial charge < -0.3 is 10.4 Å². The lowest BCUT2D eigenvalue weighted by molar-refractivity contribution is -0.143. The molecule has 1 atom stereocenters. The number of carboxylic acid groups (broad SMARTS) is 1. The molecule has 0 unspecified atom stereocenters. The molecule has 118 valence electrons. The topological polar surface area (TPSA) is 125 Å². The van der Waals surface area contributed by atoms with E-state index in [9.17, 15) is 18.0 Å². The van der Waals surface area contributed by atoms with E-state index in [1.165, 1.54) is 5.38 Å². The Morgan fingerprint density at radius 3 is 2.52 bits per heavy atom. The van der Waals surface area contributed by atoms with Crippen LogP contribution >= 0.6 is 11.3 Å². The van der Waals surface area contributed by atoms with Gasteiger partial charge in [-0.25, -0.2) is 18.2 Å². The van der Waals surface area contributed by atoms with Crippen LogP contribution in [0, 0.1) is 5.92 Å². The Bertz CT molecular complexity index is 624. The molecule has 1 aromatic heterocycles. The van der Waals surface area contributed by atoms with Crippen LogP contribution < -0.4 is 10.0 Å². The number of amides is 1. The molecule has 0 bridgehead atoms. The highest BCUT2D eigenvalue weighted by atomic mass is 32.2. The van der Waals surface area contributed by atoms with Crippen LogP contribution in [-0.2, 0) is 26.0 Å². The fraction of sp³-hybridized carbons (Fsp3) is 0.545. The van der Waals surface area contributed by atoms with E-state index in [0.29, 0.717) is 5.69 Å². The van der Waals surface area contributed by atoms with Gasteiger partial charge >= 0.3 is 5.97 Å². The SMILES string of the molecule is CC(C)[C@H](NC(=O)Cc1csc(NS(C)(=O)=O)n1)C(=O)O. The van der Waals surface area contributed by atoms with Crippen molar-refractivity contribution < 1.29 is 23.1 Å². The van der Waals surface area contributed by atoms with Crippen LogP contribution in [0.25, 0.3) is 0 Å². The first kappa shape index (κ1) is 17.4. The normalized spacial score (nSPS) is 13.0. The van der Waals surface area contributed by atoms with Gasteiger partial charge in [-0.2, -0.15) is 0 Å². The first-order chi connectivity index (χ1) is 9.58. The Labute approximate surface area is 126 Å². The fourth-order valence-corrected chi connectivity index (χ4v) is 3.06. The Morgan fingerprint density at radius 1 is 1.43 bits per heavy atom. The Kier molecular flexibility index (Phi) is 5.67. The lowest BCUT2D eigenvalue weighted by atomic mass is 10.0. The largest absolute Gasteiger partial charge is 0.480 e. The fourth-order valence-electron chi connectivity index (χ4n) is 1.50. The molecule has 0 aromatic carbocycles. The van der Waals surface area contributed by atoms with Gasteiger partial charge in [-0.3, -0.25) is 9.52 Å². The molecule has 8 nitrogen and oxygen atoms in total. The predicted octanol–water partition coefficient (Wildman–Crippen LogP) is 0.282. The maximum absolute atomic E-state index is 11.8. The van der Waals surface area contributed by atoms with Crippen molar-refractivity contribution in [2.75, 3.05) is 11.0 Å². The molecule has 0 saturated heterocycles. The van der Waals surface area contributed by atoms with Crippen molar-refractivity contribution in [3.63, 3.8) is 0 Å². The monoisotopic (exact) mass is 335 g/mol. The molecular weight excluding hydrogens is 318 g/mol. The summed E-state index contributed by atoms with van der Waals surface area (Å²) in [5.41, 5.74) is 0.372. The minimum atomic E-state index is -3.41. The Hall–Kier alpha value is -1.68. The average Bonchev–Trinajstić information content (AvgIpc) is 2.69. The average molecular weight is 335 g/mol. The third kappa shape index (κ3) is 6.08. The van der Waals surface area contributed by atoms with Crippen molar-refractivity contribution in [3.05, 3.63) is 11.1 Å². The van der Waals surface area contributed by atoms with Crippen LogP contribution in [0.15, 0.2) is 5.38 Å². The van der Waals surface area contributed by atoms with E-state index < -0.39 is 27.9 Å². The maximum Gasteiger partial charge on any atom is 0.326 e. The number of thiazole rings is 1. The lowest BCUT2D eigenvalue weighted by Crippen LogP contribution is -2.44. The first-order valence-electron chi connectivity index (χ1n) is 6.03. The van der Waals surface area contributed by atoms with Gasteiger partial charge in [0.1, 0.15) is 6.04 Å². The summed E-state index contributed by atoms with van der Waals surface area (Å²) in [5.74, 6) is -1.83. The molecule has 0 aliphatic carbocycles. The highest BCUT2D eigenvalue weighted by Crippen LogP contribution is 2.16. The maximum atomic E-state index is 11.8. The van der Waals surface area contributed by atoms with Crippen LogP contribution in [0.5, 0.6) is 0 Å². The summed E-state index contributed by atoms with van der Waals surface area (Å²) < 4.78 is 24.3. The van der Waals surface area contributed by atoms with Crippen molar-refractivity contribution in [3.8, 4) is 0 Å². The smallest absolute Gasteiger partial charge is 0.326 e. The minimum Gasteiger partial charge on any atom is -0.480 e. The molecule has 10 heteroatoms. The van der Waals surface area contributed by atoms with Crippen molar-refractivity contribution in [1.82, 2.24) is 10.3 Å². The number of carbonyl (C=O) groups is 2. The van der Waals surface area contributed by atoms with Gasteiger partial charge in [0.15, 0.2) is 5.13 Å². The number of hydrogen-bond donors (Lipinski definition) is 3. The summed E-state index contributed by atoms with van der Waals surface area (Å²) >= 11 is 1.05. The zero-order chi connectivity index (χ0) is 16.2. The van der Waals surface area contributed by atoms with E-state index in [0.717, 1.165) is 17.6 Å². The number of carbonyl (C=O) groups excluding carboxylic acids is 1. The molecule has 0 radical (unpaired) electrons. The van der Waals surface area contributed by atoms with Crippen molar-refractivity contribution in [1.29, 1.82) is 0 Å². The molecule has 1 aromatic rings. The lowest BCUT2D eigenvalue weighted by Gasteiger charge is -2.17. The van der Waals surface area contributed by atoms with Gasteiger partial charge in [-0.1, -0.05) is 13.8 Å². The Balaban J connectivity index is 2.65. The van der Waals surface area contributed by atoms with Gasteiger partial charge in [0.05, 0.1) is 18.4 Å². The molecule has 3 N–H and O–H groups in total. The number of anilines is 1. The Morgan fingerprint density at radius 2 is 2.05 bits per heavy atom. The van der Waals surface area contributed by atoms with Crippen LogP contribution in [0.1, 0.15) is 19.5 Å². The van der Waals surface area contributed by atoms with E-state index in [2.05, 4.69) is 15.0 Å². The standard InChI is InChI=1S/C11H17N3O5S2/c1-6(2)9(10(16)17)13-8(15)4-7-5-20-11(12-7)14-21(3,18)19/h5-6,9H,4H2,1-3H3,(H,12,14)(H,13,15)(H,16,17)/t9-/m0/s1. The second-order valence-corrected chi connectivity index (χ2v) is 7.43. The number of hydrogen-bond acceptors (Lipinski definition) is 6. The number of carboxylic acids is 1. The summed E-state index contributed by atoms with van der Waals surface area (Å²) in [7, 11) is -3.41. The first-order valence-corrected chi connectivity index (χ1v) is 8.80. The zero-order valence-corrected chi connectivity index (χ0v) is 13.4. The summed E-state index contributed by atoms with van der Waals surface area (Å²) in [5, 5.41) is 13.1. The van der Waals surface area contributed by atoms with Crippen LogP contribution in [0.4, 0.5) is 5.13 Å². The van der Waals surface area contributed by atoms with Crippen LogP contribution in [0.3, 0.4) is 0 Å². The number of aromatic nitrogens is 1. The van der Waals surface area contributed by atoms with E-state index in [4.69, 9.17) is 5.11 Å². The summed E-state index contributed by atoms with van der Waals surface area (Å²) in [6, 6.07) is -0.968. The van der Waals surface area contributed by atoms with Gasteiger partial charge in [0, 0.05) is 5.38 Å². The number of rotatable bonds is 7. The molecule has 1 rings (SSSR count). The van der Waals surface area contributed by atoms with E-state index >= 15 is 0 Å². The van der Waals surface area contributed by atoms with E-state index in [1.54, 1.807) is 13.8 Å². The van der Waals surface area contributed by atoms with E-state index in [1.807, 2.05) is 0 Å². The number of sulfonamides is 1. The molecule has 1 heterocycles. The molecule has 0 fully saturated rings. The number of nitrogens with zero attached hydrogens (tertiary/aromatic N) is 1. The molecule has 0 aliphatic heterocycles. The van der Waals surface area contributed by atoms with Crippen molar-refractivity contribution >= 4 is 38.4 Å². The molecule has 0 spiro atoms. The zero-order valence-electron chi connectivity index (χ0n) is 11.8. The van der Waals surface area contributed by atoms with E-state index in [-0.39, 0.29) is 17.5 Å². The van der Waals surface area contributed by atoms with Gasteiger partial charge in [-0.05, 0) is 5.92 Å². The number of aliphatic carboxylic acids is 1. The molecule has 0 saturated carbocycles. The molecule has 0 aliphatic rings. The van der Waals surface area contributed by atoms with Crippen LogP contribution in [0.2, 0.25) is 0 Å². The van der Waals surface area contributed by atoms with Crippen molar-refractivity contribution in [2.24, 2.45) is 5.92 Å². The molecular formula is C11H17N3O5S2. The van der Waals surface area contributed by atoms with Crippen LogP contribution in [-0.4, -0.2) is 42.7 Å². The van der Waals surface area contributed by atoms with Gasteiger partial charge in [-0.15, -0.1) is 11.3 Å².